The largest absolute Gasteiger partial charge is 0.354 e. The van der Waals surface area contributed by atoms with Crippen LogP contribution in [0.25, 0.3) is 0 Å². The van der Waals surface area contributed by atoms with Gasteiger partial charge < -0.3 is 10.2 Å². The Bertz CT molecular complexity index is 1160. The quantitative estimate of drug-likeness (QED) is 0.385. The highest BCUT2D eigenvalue weighted by Gasteiger charge is 2.32. The van der Waals surface area contributed by atoms with E-state index in [1.54, 1.807) is 49.4 Å². The number of nitrogens with one attached hydrogen (secondary N) is 1. The Morgan fingerprint density at radius 1 is 1.11 bits per heavy atom. The van der Waals surface area contributed by atoms with Gasteiger partial charge in [0, 0.05) is 27.6 Å². The Morgan fingerprint density at radius 2 is 1.77 bits per heavy atom. The summed E-state index contributed by atoms with van der Waals surface area (Å²) >= 11 is 15.8. The van der Waals surface area contributed by atoms with Gasteiger partial charge in [-0.3, -0.25) is 13.9 Å². The van der Waals surface area contributed by atoms with E-state index in [9.17, 15) is 18.0 Å². The van der Waals surface area contributed by atoms with Crippen LogP contribution < -0.4 is 9.62 Å². The highest BCUT2D eigenvalue weighted by molar-refractivity contribution is 9.10. The van der Waals surface area contributed by atoms with Gasteiger partial charge in [-0.05, 0) is 58.1 Å². The minimum Gasteiger partial charge on any atom is -0.354 e. The number of hydrogen-bond acceptors (Lipinski definition) is 4. The van der Waals surface area contributed by atoms with Crippen molar-refractivity contribution in [3.05, 3.63) is 62.5 Å². The van der Waals surface area contributed by atoms with Gasteiger partial charge >= 0.3 is 0 Å². The summed E-state index contributed by atoms with van der Waals surface area (Å²) in [5.74, 6) is -0.627. The molecule has 192 valence electrons. The zero-order valence-corrected chi connectivity index (χ0v) is 24.0. The number of sulfonamides is 1. The second-order valence-electron chi connectivity index (χ2n) is 8.54. The maximum Gasteiger partial charge on any atom is 0.244 e. The summed E-state index contributed by atoms with van der Waals surface area (Å²) in [5.41, 5.74) is 0.913. The molecule has 2 aromatic rings. The van der Waals surface area contributed by atoms with E-state index < -0.39 is 28.5 Å². The van der Waals surface area contributed by atoms with Crippen molar-refractivity contribution in [2.45, 2.75) is 39.8 Å². The highest BCUT2D eigenvalue weighted by atomic mass is 79.9. The van der Waals surface area contributed by atoms with Crippen molar-refractivity contribution >= 4 is 66.7 Å². The van der Waals surface area contributed by atoms with Gasteiger partial charge in [0.2, 0.25) is 21.8 Å². The lowest BCUT2D eigenvalue weighted by molar-refractivity contribution is -0.140. The SMILES string of the molecule is CCC(C(=O)NCC(C)C)N(Cc1ccc(Cl)cc1Cl)C(=O)CN(c1ccccc1Br)S(C)(=O)=O. The van der Waals surface area contributed by atoms with Crippen LogP contribution in [0.5, 0.6) is 0 Å². The standard InChI is InChI=1S/C24H30BrCl2N3O4S/c1-5-21(24(32)28-13-16(2)3)29(14-17-10-11-18(26)12-20(17)27)23(31)15-30(35(4,33)34)22-9-7-6-8-19(22)25/h6-12,16,21H,5,13-15H2,1-4H3,(H,28,32). The number of halogens is 3. The summed E-state index contributed by atoms with van der Waals surface area (Å²) in [4.78, 5) is 28.1. The molecular weight excluding hydrogens is 577 g/mol. The molecule has 0 aliphatic rings. The normalized spacial score (nSPS) is 12.3. The lowest BCUT2D eigenvalue weighted by atomic mass is 10.1. The molecule has 2 aromatic carbocycles. The van der Waals surface area contributed by atoms with Gasteiger partial charge in [0.1, 0.15) is 12.6 Å². The molecular formula is C24H30BrCl2N3O4S. The van der Waals surface area contributed by atoms with E-state index in [0.29, 0.717) is 38.7 Å². The summed E-state index contributed by atoms with van der Waals surface area (Å²) in [6, 6.07) is 10.8. The zero-order chi connectivity index (χ0) is 26.3. The maximum absolute atomic E-state index is 13.7. The van der Waals surface area contributed by atoms with Gasteiger partial charge in [0.15, 0.2) is 0 Å². The first-order valence-corrected chi connectivity index (χ1v) is 14.5. The number of carbonyl (C=O) groups excluding carboxylic acids is 2. The maximum atomic E-state index is 13.7. The molecule has 0 fully saturated rings. The number of anilines is 1. The molecule has 0 spiro atoms. The Hall–Kier alpha value is -1.81. The number of amides is 2. The lowest BCUT2D eigenvalue weighted by Gasteiger charge is -2.33. The first-order valence-electron chi connectivity index (χ1n) is 11.1. The molecule has 0 radical (unpaired) electrons. The second-order valence-corrected chi connectivity index (χ2v) is 12.1. The van der Waals surface area contributed by atoms with Crippen molar-refractivity contribution in [2.75, 3.05) is 23.7 Å². The van der Waals surface area contributed by atoms with E-state index >= 15 is 0 Å². The molecule has 7 nitrogen and oxygen atoms in total. The molecule has 0 aliphatic heterocycles. The number of nitrogens with zero attached hydrogens (tertiary/aromatic N) is 2. The van der Waals surface area contributed by atoms with Crippen LogP contribution in [0.2, 0.25) is 10.0 Å². The van der Waals surface area contributed by atoms with Crippen LogP contribution in [-0.2, 0) is 26.2 Å². The van der Waals surface area contributed by atoms with E-state index in [4.69, 9.17) is 23.2 Å². The van der Waals surface area contributed by atoms with Crippen molar-refractivity contribution in [2.24, 2.45) is 5.92 Å². The Morgan fingerprint density at radius 3 is 2.31 bits per heavy atom. The molecule has 0 saturated carbocycles. The fourth-order valence-corrected chi connectivity index (χ4v) is 5.37. The number of benzene rings is 2. The molecule has 0 heterocycles. The van der Waals surface area contributed by atoms with Crippen molar-refractivity contribution < 1.29 is 18.0 Å². The van der Waals surface area contributed by atoms with Crippen molar-refractivity contribution in [1.82, 2.24) is 10.2 Å². The number of para-hydroxylation sites is 1. The summed E-state index contributed by atoms with van der Waals surface area (Å²) in [6.45, 7) is 5.71. The summed E-state index contributed by atoms with van der Waals surface area (Å²) in [5, 5.41) is 3.66. The van der Waals surface area contributed by atoms with Crippen LogP contribution in [0.4, 0.5) is 5.69 Å². The van der Waals surface area contributed by atoms with Gasteiger partial charge in [-0.15, -0.1) is 0 Å². The number of rotatable bonds is 11. The van der Waals surface area contributed by atoms with Crippen molar-refractivity contribution in [1.29, 1.82) is 0 Å². The molecule has 0 bridgehead atoms. The lowest BCUT2D eigenvalue weighted by Crippen LogP contribution is -2.52. The van der Waals surface area contributed by atoms with Crippen LogP contribution in [0.3, 0.4) is 0 Å². The number of hydrogen-bond donors (Lipinski definition) is 1. The summed E-state index contributed by atoms with van der Waals surface area (Å²) in [6.07, 6.45) is 1.36. The van der Waals surface area contributed by atoms with Crippen LogP contribution in [0, 0.1) is 5.92 Å². The molecule has 1 unspecified atom stereocenters. The Balaban J connectivity index is 2.47. The molecule has 0 aliphatic carbocycles. The average Bonchev–Trinajstić information content (AvgIpc) is 2.77. The van der Waals surface area contributed by atoms with Crippen molar-refractivity contribution in [3.8, 4) is 0 Å². The van der Waals surface area contributed by atoms with Crippen LogP contribution in [0.1, 0.15) is 32.8 Å². The Labute approximate surface area is 225 Å². The third-order valence-electron chi connectivity index (χ3n) is 5.23. The Kier molecular flexibility index (Phi) is 10.9. The minimum atomic E-state index is -3.82. The average molecular weight is 607 g/mol. The topological polar surface area (TPSA) is 86.8 Å². The van der Waals surface area contributed by atoms with Gasteiger partial charge in [-0.2, -0.15) is 0 Å². The predicted octanol–water partition coefficient (Wildman–Crippen LogP) is 5.10. The summed E-state index contributed by atoms with van der Waals surface area (Å²) in [7, 11) is -3.82. The summed E-state index contributed by atoms with van der Waals surface area (Å²) < 4.78 is 26.9. The zero-order valence-electron chi connectivity index (χ0n) is 20.1. The first-order chi connectivity index (χ1) is 16.3. The molecule has 11 heteroatoms. The molecule has 35 heavy (non-hydrogen) atoms. The van der Waals surface area contributed by atoms with Crippen LogP contribution in [-0.4, -0.2) is 50.5 Å². The molecule has 2 amide bonds. The third kappa shape index (κ3) is 8.37. The van der Waals surface area contributed by atoms with E-state index in [0.717, 1.165) is 10.6 Å². The van der Waals surface area contributed by atoms with E-state index in [2.05, 4.69) is 21.2 Å². The van der Waals surface area contributed by atoms with Crippen LogP contribution >= 0.6 is 39.1 Å². The fourth-order valence-electron chi connectivity index (χ4n) is 3.42. The predicted molar refractivity (Wildman–Crippen MR) is 145 cm³/mol. The molecule has 1 N–H and O–H groups in total. The van der Waals surface area contributed by atoms with Crippen LogP contribution in [0.15, 0.2) is 46.9 Å². The van der Waals surface area contributed by atoms with Gasteiger partial charge in [0.25, 0.3) is 0 Å². The third-order valence-corrected chi connectivity index (χ3v) is 7.61. The first kappa shape index (κ1) is 29.4. The van der Waals surface area contributed by atoms with E-state index in [1.165, 1.54) is 4.90 Å². The van der Waals surface area contributed by atoms with Gasteiger partial charge in [-0.25, -0.2) is 8.42 Å². The molecule has 0 aromatic heterocycles. The van der Waals surface area contributed by atoms with E-state index in [-0.39, 0.29) is 18.4 Å². The van der Waals surface area contributed by atoms with Gasteiger partial charge in [-0.1, -0.05) is 62.2 Å². The molecule has 2 rings (SSSR count). The van der Waals surface area contributed by atoms with E-state index in [1.807, 2.05) is 13.8 Å². The molecule has 1 atom stereocenters. The number of carbonyl (C=O) groups is 2. The van der Waals surface area contributed by atoms with Crippen molar-refractivity contribution in [3.63, 3.8) is 0 Å². The highest BCUT2D eigenvalue weighted by Crippen LogP contribution is 2.29. The minimum absolute atomic E-state index is 0.00992. The monoisotopic (exact) mass is 605 g/mol. The smallest absolute Gasteiger partial charge is 0.244 e. The fraction of sp³-hybridized carbons (Fsp3) is 0.417. The van der Waals surface area contributed by atoms with Gasteiger partial charge in [0.05, 0.1) is 11.9 Å². The molecule has 0 saturated heterocycles. The second kappa shape index (κ2) is 12.9.